The van der Waals surface area contributed by atoms with Crippen LogP contribution < -0.4 is 0 Å². The first-order valence-electron chi connectivity index (χ1n) is 11.0. The van der Waals surface area contributed by atoms with Crippen molar-refractivity contribution < 1.29 is 18.4 Å². The average Bonchev–Trinajstić information content (AvgIpc) is 3.43. The number of carbonyl (C=O) groups excluding carboxylic acids is 2. The standard InChI is InChI=1S/C26H23FN2O3S/c1-16-28-24(25(33-16)17-9-11-19(27)12-10-17)26(31)29-13-5-4-7-21(29)20(15-30)23-14-18-6-2-3-8-22(18)32-23/h2-3,6,8-12,14-15,20-21H,4-5,7,13H2,1H3/t20-,21?/m0/s1. The smallest absolute Gasteiger partial charge is 0.274 e. The van der Waals surface area contributed by atoms with Crippen molar-refractivity contribution in [2.75, 3.05) is 6.54 Å². The Morgan fingerprint density at radius 1 is 1.21 bits per heavy atom. The number of aldehydes is 1. The number of rotatable bonds is 5. The average molecular weight is 463 g/mol. The summed E-state index contributed by atoms with van der Waals surface area (Å²) in [6, 6.07) is 15.3. The number of halogens is 1. The fourth-order valence-electron chi connectivity index (χ4n) is 4.60. The van der Waals surface area contributed by atoms with Crippen LogP contribution in [0, 0.1) is 12.7 Å². The highest BCUT2D eigenvalue weighted by atomic mass is 32.1. The molecule has 1 aliphatic rings. The van der Waals surface area contributed by atoms with E-state index in [4.69, 9.17) is 4.42 Å². The molecule has 168 valence electrons. The lowest BCUT2D eigenvalue weighted by atomic mass is 9.89. The van der Waals surface area contributed by atoms with Gasteiger partial charge in [0.05, 0.1) is 15.8 Å². The number of thiazole rings is 1. The number of aryl methyl sites for hydroxylation is 1. The van der Waals surface area contributed by atoms with Crippen LogP contribution in [0.25, 0.3) is 21.4 Å². The molecule has 0 spiro atoms. The van der Waals surface area contributed by atoms with E-state index in [0.29, 0.717) is 29.3 Å². The first-order chi connectivity index (χ1) is 16.0. The molecule has 33 heavy (non-hydrogen) atoms. The number of benzene rings is 2. The number of aromatic nitrogens is 1. The summed E-state index contributed by atoms with van der Waals surface area (Å²) >= 11 is 1.41. The number of likely N-dealkylation sites (tertiary alicyclic amines) is 1. The lowest BCUT2D eigenvalue weighted by molar-refractivity contribution is -0.110. The molecule has 2 aromatic carbocycles. The van der Waals surface area contributed by atoms with Gasteiger partial charge in [-0.15, -0.1) is 11.3 Å². The first-order valence-corrected chi connectivity index (χ1v) is 11.8. The lowest BCUT2D eigenvalue weighted by Crippen LogP contribution is -2.47. The van der Waals surface area contributed by atoms with Crippen LogP contribution in [0.15, 0.2) is 59.0 Å². The highest BCUT2D eigenvalue weighted by Gasteiger charge is 2.37. The summed E-state index contributed by atoms with van der Waals surface area (Å²) in [5, 5.41) is 1.69. The molecule has 1 aliphatic heterocycles. The molecule has 0 N–H and O–H groups in total. The number of hydrogen-bond acceptors (Lipinski definition) is 5. The predicted octanol–water partition coefficient (Wildman–Crippen LogP) is 5.98. The van der Waals surface area contributed by atoms with Crippen molar-refractivity contribution in [3.8, 4) is 10.4 Å². The van der Waals surface area contributed by atoms with E-state index < -0.39 is 5.92 Å². The molecular weight excluding hydrogens is 439 g/mol. The summed E-state index contributed by atoms with van der Waals surface area (Å²) in [5.74, 6) is -0.519. The van der Waals surface area contributed by atoms with Crippen LogP contribution in [0.3, 0.4) is 0 Å². The summed E-state index contributed by atoms with van der Waals surface area (Å²) in [5.41, 5.74) is 1.83. The Bertz CT molecular complexity index is 1280. The predicted molar refractivity (Wildman–Crippen MR) is 126 cm³/mol. The van der Waals surface area contributed by atoms with Gasteiger partial charge in [0.15, 0.2) is 0 Å². The summed E-state index contributed by atoms with van der Waals surface area (Å²) in [6.45, 7) is 2.40. The fourth-order valence-corrected chi connectivity index (χ4v) is 5.52. The molecule has 0 saturated carbocycles. The van der Waals surface area contributed by atoms with E-state index in [-0.39, 0.29) is 17.8 Å². The second-order valence-electron chi connectivity index (χ2n) is 8.33. The third-order valence-corrected chi connectivity index (χ3v) is 7.21. The summed E-state index contributed by atoms with van der Waals surface area (Å²) < 4.78 is 19.4. The van der Waals surface area contributed by atoms with Crippen LogP contribution in [0.5, 0.6) is 0 Å². The van der Waals surface area contributed by atoms with Crippen LogP contribution in [0.4, 0.5) is 4.39 Å². The van der Waals surface area contributed by atoms with Crippen molar-refractivity contribution in [1.29, 1.82) is 0 Å². The van der Waals surface area contributed by atoms with Crippen LogP contribution >= 0.6 is 11.3 Å². The molecule has 1 fully saturated rings. The SMILES string of the molecule is Cc1nc(C(=O)N2CCCCC2[C@H](C=O)c2cc3ccccc3o2)c(-c2ccc(F)cc2)s1. The van der Waals surface area contributed by atoms with Crippen LogP contribution in [-0.2, 0) is 4.79 Å². The highest BCUT2D eigenvalue weighted by Crippen LogP contribution is 2.36. The topological polar surface area (TPSA) is 63.4 Å². The van der Waals surface area contributed by atoms with Gasteiger partial charge >= 0.3 is 0 Å². The molecular formula is C26H23FN2O3S. The van der Waals surface area contributed by atoms with Crippen molar-refractivity contribution in [3.05, 3.63) is 76.9 Å². The van der Waals surface area contributed by atoms with E-state index in [1.54, 1.807) is 17.0 Å². The van der Waals surface area contributed by atoms with Gasteiger partial charge in [-0.05, 0) is 56.0 Å². The van der Waals surface area contributed by atoms with E-state index in [1.165, 1.54) is 23.5 Å². The number of carbonyl (C=O) groups is 2. The number of fused-ring (bicyclic) bond motifs is 1. The van der Waals surface area contributed by atoms with Crippen molar-refractivity contribution in [2.24, 2.45) is 0 Å². The Balaban J connectivity index is 1.50. The number of para-hydroxylation sites is 1. The summed E-state index contributed by atoms with van der Waals surface area (Å²) in [7, 11) is 0. The number of furan rings is 1. The fraction of sp³-hybridized carbons (Fsp3) is 0.269. The monoisotopic (exact) mass is 462 g/mol. The minimum absolute atomic E-state index is 0.202. The van der Waals surface area contributed by atoms with Gasteiger partial charge in [-0.2, -0.15) is 0 Å². The Labute approximate surface area is 194 Å². The van der Waals surface area contributed by atoms with Gasteiger partial charge in [0, 0.05) is 18.0 Å². The van der Waals surface area contributed by atoms with Crippen LogP contribution in [0.2, 0.25) is 0 Å². The Morgan fingerprint density at radius 2 is 2.00 bits per heavy atom. The molecule has 1 unspecified atom stereocenters. The maximum atomic E-state index is 13.8. The Morgan fingerprint density at radius 3 is 2.76 bits per heavy atom. The van der Waals surface area contributed by atoms with Crippen molar-refractivity contribution in [1.82, 2.24) is 9.88 Å². The highest BCUT2D eigenvalue weighted by molar-refractivity contribution is 7.15. The van der Waals surface area contributed by atoms with Gasteiger partial charge in [-0.25, -0.2) is 9.37 Å². The van der Waals surface area contributed by atoms with Crippen LogP contribution in [-0.4, -0.2) is 34.7 Å². The molecule has 4 aromatic rings. The van der Waals surface area contributed by atoms with Gasteiger partial charge in [-0.1, -0.05) is 30.3 Å². The molecule has 2 atom stereocenters. The van der Waals surface area contributed by atoms with Crippen molar-refractivity contribution >= 4 is 34.5 Å². The summed E-state index contributed by atoms with van der Waals surface area (Å²) in [4.78, 5) is 33.0. The number of amides is 1. The molecule has 1 amide bonds. The zero-order valence-electron chi connectivity index (χ0n) is 18.2. The second-order valence-corrected chi connectivity index (χ2v) is 9.53. The number of hydrogen-bond donors (Lipinski definition) is 0. The molecule has 7 heteroatoms. The maximum absolute atomic E-state index is 13.8. The first kappa shape index (κ1) is 21.5. The zero-order chi connectivity index (χ0) is 22.9. The quantitative estimate of drug-likeness (QED) is 0.342. The number of piperidine rings is 1. The van der Waals surface area contributed by atoms with E-state index in [9.17, 15) is 14.0 Å². The van der Waals surface area contributed by atoms with Gasteiger partial charge in [-0.3, -0.25) is 4.79 Å². The van der Waals surface area contributed by atoms with Crippen LogP contribution in [0.1, 0.15) is 46.4 Å². The Hall–Kier alpha value is -3.32. The molecule has 5 rings (SSSR count). The minimum atomic E-state index is -0.560. The maximum Gasteiger partial charge on any atom is 0.274 e. The van der Waals surface area contributed by atoms with Gasteiger partial charge in [0.25, 0.3) is 5.91 Å². The van der Waals surface area contributed by atoms with Gasteiger partial charge in [0.2, 0.25) is 0 Å². The lowest BCUT2D eigenvalue weighted by Gasteiger charge is -2.37. The van der Waals surface area contributed by atoms with E-state index in [1.807, 2.05) is 37.3 Å². The van der Waals surface area contributed by atoms with Crippen molar-refractivity contribution in [2.45, 2.75) is 38.1 Å². The zero-order valence-corrected chi connectivity index (χ0v) is 19.0. The normalized spacial score (nSPS) is 17.3. The third kappa shape index (κ3) is 4.09. The third-order valence-electron chi connectivity index (χ3n) is 6.19. The van der Waals surface area contributed by atoms with Gasteiger partial charge in [0.1, 0.15) is 29.1 Å². The van der Waals surface area contributed by atoms with Crippen molar-refractivity contribution in [3.63, 3.8) is 0 Å². The molecule has 1 saturated heterocycles. The number of nitrogens with zero attached hydrogens (tertiary/aromatic N) is 2. The molecule has 2 aromatic heterocycles. The Kier molecular flexibility index (Phi) is 5.81. The molecule has 0 aliphatic carbocycles. The van der Waals surface area contributed by atoms with Gasteiger partial charge < -0.3 is 14.1 Å². The molecule has 3 heterocycles. The van der Waals surface area contributed by atoms with E-state index >= 15 is 0 Å². The second kappa shape index (κ2) is 8.90. The van der Waals surface area contributed by atoms with E-state index in [2.05, 4.69) is 4.98 Å². The molecule has 5 nitrogen and oxygen atoms in total. The molecule has 0 bridgehead atoms. The largest absolute Gasteiger partial charge is 0.460 e. The summed E-state index contributed by atoms with van der Waals surface area (Å²) in [6.07, 6.45) is 3.39. The minimum Gasteiger partial charge on any atom is -0.460 e. The van der Waals surface area contributed by atoms with E-state index in [0.717, 1.165) is 40.7 Å². The molecule has 0 radical (unpaired) electrons.